The lowest BCUT2D eigenvalue weighted by atomic mass is 10.0. The number of benzene rings is 4. The predicted octanol–water partition coefficient (Wildman–Crippen LogP) is 7.45. The highest BCUT2D eigenvalue weighted by Gasteiger charge is 2.38. The number of nitrogens with one attached hydrogen (secondary N) is 1. The zero-order valence-electron chi connectivity index (χ0n) is 22.8. The summed E-state index contributed by atoms with van der Waals surface area (Å²) in [6.45, 7) is 0.601. The van der Waals surface area contributed by atoms with Gasteiger partial charge in [0.05, 0.1) is 5.52 Å². The first-order valence-corrected chi connectivity index (χ1v) is 13.8. The number of carbonyl (C=O) groups excluding carboxylic acids is 1. The summed E-state index contributed by atoms with van der Waals surface area (Å²) >= 11 is 0. The molecular weight excluding hydrogens is 563 g/mol. The second kappa shape index (κ2) is 11.8. The van der Waals surface area contributed by atoms with Crippen LogP contribution < -0.4 is 5.32 Å². The molecule has 10 heteroatoms. The Morgan fingerprint density at radius 2 is 1.44 bits per heavy atom. The monoisotopic (exact) mass is 588 g/mol. The van der Waals surface area contributed by atoms with Gasteiger partial charge in [-0.1, -0.05) is 54.6 Å². The van der Waals surface area contributed by atoms with Gasteiger partial charge in [-0.3, -0.25) is 4.79 Å². The van der Waals surface area contributed by atoms with Crippen molar-refractivity contribution in [3.05, 3.63) is 125 Å². The molecule has 218 valence electrons. The SMILES string of the molecule is O=C(c1c(F)c(F)c(F)c(F)c1F)N(Cc1cccc(-c2ccc3ncnc(NCCc4ccccc4)c3c2)c1)C1CC1. The van der Waals surface area contributed by atoms with Gasteiger partial charge in [-0.25, -0.2) is 31.9 Å². The molecule has 0 aliphatic heterocycles. The van der Waals surface area contributed by atoms with Crippen LogP contribution in [0.5, 0.6) is 0 Å². The Balaban J connectivity index is 1.26. The highest BCUT2D eigenvalue weighted by atomic mass is 19.2. The van der Waals surface area contributed by atoms with Gasteiger partial charge in [0.1, 0.15) is 17.7 Å². The Hall–Kier alpha value is -4.86. The van der Waals surface area contributed by atoms with Crippen LogP contribution in [0.15, 0.2) is 79.1 Å². The molecule has 1 fully saturated rings. The van der Waals surface area contributed by atoms with E-state index in [4.69, 9.17) is 0 Å². The summed E-state index contributed by atoms with van der Waals surface area (Å²) in [6, 6.07) is 22.7. The van der Waals surface area contributed by atoms with Crippen molar-refractivity contribution in [2.45, 2.75) is 31.8 Å². The van der Waals surface area contributed by atoms with Crippen molar-refractivity contribution < 1.29 is 26.7 Å². The Bertz CT molecular complexity index is 1800. The molecule has 0 bridgehead atoms. The number of amides is 1. The van der Waals surface area contributed by atoms with Gasteiger partial charge < -0.3 is 10.2 Å². The number of anilines is 1. The first-order valence-electron chi connectivity index (χ1n) is 13.8. The highest BCUT2D eigenvalue weighted by Crippen LogP contribution is 2.33. The summed E-state index contributed by atoms with van der Waals surface area (Å²) in [6.07, 6.45) is 3.44. The number of halogens is 5. The van der Waals surface area contributed by atoms with Crippen molar-refractivity contribution in [2.24, 2.45) is 0 Å². The van der Waals surface area contributed by atoms with E-state index < -0.39 is 40.6 Å². The van der Waals surface area contributed by atoms with Gasteiger partial charge in [0.15, 0.2) is 23.3 Å². The fraction of sp³-hybridized carbons (Fsp3) is 0.182. The van der Waals surface area contributed by atoms with Crippen LogP contribution in [-0.2, 0) is 13.0 Å². The van der Waals surface area contributed by atoms with Crippen molar-refractivity contribution in [2.75, 3.05) is 11.9 Å². The largest absolute Gasteiger partial charge is 0.369 e. The maximum Gasteiger partial charge on any atom is 0.260 e. The molecule has 4 aromatic carbocycles. The zero-order valence-corrected chi connectivity index (χ0v) is 22.8. The summed E-state index contributed by atoms with van der Waals surface area (Å²) in [4.78, 5) is 23.1. The molecular formula is C33H25F5N4O. The van der Waals surface area contributed by atoms with Crippen LogP contribution in [0.4, 0.5) is 27.8 Å². The molecule has 0 unspecified atom stereocenters. The normalized spacial score (nSPS) is 12.9. The van der Waals surface area contributed by atoms with Crippen molar-refractivity contribution >= 4 is 22.6 Å². The fourth-order valence-corrected chi connectivity index (χ4v) is 5.08. The van der Waals surface area contributed by atoms with E-state index in [2.05, 4.69) is 27.4 Å². The first kappa shape index (κ1) is 28.3. The molecule has 43 heavy (non-hydrogen) atoms. The minimum atomic E-state index is -2.30. The third kappa shape index (κ3) is 5.77. The molecule has 1 aromatic heterocycles. The number of carbonyl (C=O) groups is 1. The third-order valence-electron chi connectivity index (χ3n) is 7.47. The summed E-state index contributed by atoms with van der Waals surface area (Å²) in [7, 11) is 0. The quantitative estimate of drug-likeness (QED) is 0.110. The minimum Gasteiger partial charge on any atom is -0.369 e. The number of fused-ring (bicyclic) bond motifs is 1. The number of rotatable bonds is 9. The average Bonchev–Trinajstić information content (AvgIpc) is 3.88. The van der Waals surface area contributed by atoms with E-state index in [-0.39, 0.29) is 12.6 Å². The molecule has 5 aromatic rings. The zero-order chi connectivity index (χ0) is 30.1. The molecule has 0 radical (unpaired) electrons. The standard InChI is InChI=1S/C33H25F5N4O/c34-27-26(28(35)30(37)31(38)29(27)36)33(43)42(23-10-11-23)17-20-7-4-8-21(15-20)22-9-12-25-24(16-22)32(41-18-40-25)39-14-13-19-5-2-1-3-6-19/h1-9,12,15-16,18,23H,10-11,13-14,17H2,(H,39,40,41). The van der Waals surface area contributed by atoms with Gasteiger partial charge in [0.2, 0.25) is 5.82 Å². The Kier molecular flexibility index (Phi) is 7.75. The van der Waals surface area contributed by atoms with Crippen molar-refractivity contribution in [1.82, 2.24) is 14.9 Å². The van der Waals surface area contributed by atoms with Gasteiger partial charge in [0.25, 0.3) is 5.91 Å². The molecule has 1 aliphatic carbocycles. The van der Waals surface area contributed by atoms with Gasteiger partial charge in [-0.05, 0) is 59.7 Å². The average molecular weight is 589 g/mol. The Morgan fingerprint density at radius 3 is 2.16 bits per heavy atom. The van der Waals surface area contributed by atoms with E-state index in [0.717, 1.165) is 28.5 Å². The topological polar surface area (TPSA) is 58.1 Å². The first-order chi connectivity index (χ1) is 20.8. The maximum absolute atomic E-state index is 14.5. The molecule has 1 N–H and O–H groups in total. The number of nitrogens with zero attached hydrogens (tertiary/aromatic N) is 3. The lowest BCUT2D eigenvalue weighted by molar-refractivity contribution is 0.0716. The predicted molar refractivity (Wildman–Crippen MR) is 153 cm³/mol. The van der Waals surface area contributed by atoms with E-state index in [9.17, 15) is 26.7 Å². The van der Waals surface area contributed by atoms with Crippen molar-refractivity contribution in [1.29, 1.82) is 0 Å². The van der Waals surface area contributed by atoms with E-state index in [1.54, 1.807) is 12.1 Å². The summed E-state index contributed by atoms with van der Waals surface area (Å²) in [5, 5.41) is 4.21. The fourth-order valence-electron chi connectivity index (χ4n) is 5.08. The van der Waals surface area contributed by atoms with E-state index in [0.29, 0.717) is 30.8 Å². The molecule has 1 aliphatic rings. The summed E-state index contributed by atoms with van der Waals surface area (Å²) in [5.74, 6) is -11.4. The van der Waals surface area contributed by atoms with E-state index in [1.165, 1.54) is 16.8 Å². The number of hydrogen-bond acceptors (Lipinski definition) is 4. The minimum absolute atomic E-state index is 0.0696. The Labute approximate surface area is 244 Å². The van der Waals surface area contributed by atoms with E-state index in [1.807, 2.05) is 48.5 Å². The van der Waals surface area contributed by atoms with Crippen LogP contribution >= 0.6 is 0 Å². The van der Waals surface area contributed by atoms with E-state index >= 15 is 0 Å². The number of aromatic nitrogens is 2. The lowest BCUT2D eigenvalue weighted by Gasteiger charge is -2.24. The van der Waals surface area contributed by atoms with Gasteiger partial charge in [-0.2, -0.15) is 0 Å². The lowest BCUT2D eigenvalue weighted by Crippen LogP contribution is -2.34. The second-order valence-corrected chi connectivity index (χ2v) is 10.4. The van der Waals surface area contributed by atoms with Crippen LogP contribution in [0.25, 0.3) is 22.0 Å². The summed E-state index contributed by atoms with van der Waals surface area (Å²) < 4.78 is 70.2. The van der Waals surface area contributed by atoms with Crippen molar-refractivity contribution in [3.8, 4) is 11.1 Å². The highest BCUT2D eigenvalue weighted by molar-refractivity contribution is 5.95. The van der Waals surface area contributed by atoms with Crippen LogP contribution in [0.3, 0.4) is 0 Å². The molecule has 1 heterocycles. The van der Waals surface area contributed by atoms with Crippen molar-refractivity contribution in [3.63, 3.8) is 0 Å². The molecule has 0 saturated heterocycles. The van der Waals surface area contributed by atoms with Gasteiger partial charge in [0, 0.05) is 24.5 Å². The maximum atomic E-state index is 14.5. The molecule has 1 amide bonds. The van der Waals surface area contributed by atoms with Gasteiger partial charge >= 0.3 is 0 Å². The molecule has 1 saturated carbocycles. The summed E-state index contributed by atoms with van der Waals surface area (Å²) in [5.41, 5.74) is 2.79. The smallest absolute Gasteiger partial charge is 0.260 e. The molecule has 6 rings (SSSR count). The molecule has 5 nitrogen and oxygen atoms in total. The van der Waals surface area contributed by atoms with Crippen LogP contribution in [0.1, 0.15) is 34.3 Å². The third-order valence-corrected chi connectivity index (χ3v) is 7.47. The Morgan fingerprint density at radius 1 is 0.767 bits per heavy atom. The molecule has 0 spiro atoms. The van der Waals surface area contributed by atoms with Crippen LogP contribution in [0, 0.1) is 29.1 Å². The van der Waals surface area contributed by atoms with Gasteiger partial charge in [-0.15, -0.1) is 0 Å². The second-order valence-electron chi connectivity index (χ2n) is 10.4. The molecule has 0 atom stereocenters. The van der Waals surface area contributed by atoms with Crippen LogP contribution in [0.2, 0.25) is 0 Å². The number of hydrogen-bond donors (Lipinski definition) is 1. The van der Waals surface area contributed by atoms with Crippen LogP contribution in [-0.4, -0.2) is 33.4 Å².